The molecule has 0 saturated carbocycles. The van der Waals surface area contributed by atoms with E-state index in [0.29, 0.717) is 143 Å². The van der Waals surface area contributed by atoms with Crippen LogP contribution in [0.5, 0.6) is 5.75 Å². The first-order valence-corrected chi connectivity index (χ1v) is 16.1. The van der Waals surface area contributed by atoms with Gasteiger partial charge in [-0.05, 0) is 45.0 Å². The van der Waals surface area contributed by atoms with E-state index < -0.39 is 5.60 Å². The van der Waals surface area contributed by atoms with Crippen molar-refractivity contribution in [3.05, 3.63) is 29.8 Å². The molecule has 1 amide bonds. The first-order valence-electron chi connectivity index (χ1n) is 16.1. The lowest BCUT2D eigenvalue weighted by Gasteiger charge is -2.24. The number of carbonyl (C=O) groups is 2. The summed E-state index contributed by atoms with van der Waals surface area (Å²) < 4.78 is 60.0. The molecule has 1 aromatic rings. The number of likely N-dealkylation sites (N-methyl/N-ethyl adjacent to an activating group) is 1. The molecule has 0 aliphatic carbocycles. The molecule has 0 unspecified atom stereocenters. The van der Waals surface area contributed by atoms with Crippen LogP contribution in [0.2, 0.25) is 0 Å². The fraction of sp³-hybridized carbons (Fsp3) is 0.758. The molecule has 0 spiro atoms. The first kappa shape index (κ1) is 42.6. The molecule has 14 nitrogen and oxygen atoms in total. The molecule has 0 bridgehead atoms. The number of aldehydes is 1. The van der Waals surface area contributed by atoms with Crippen molar-refractivity contribution < 1.29 is 61.7 Å². The van der Waals surface area contributed by atoms with Crippen LogP contribution in [-0.2, 0) is 47.4 Å². The second-order valence-corrected chi connectivity index (χ2v) is 10.9. The summed E-state index contributed by atoms with van der Waals surface area (Å²) in [4.78, 5) is 24.0. The Labute approximate surface area is 280 Å². The van der Waals surface area contributed by atoms with Gasteiger partial charge in [0.1, 0.15) is 24.2 Å². The number of carbonyl (C=O) groups excluding carboxylic acids is 2. The highest BCUT2D eigenvalue weighted by Crippen LogP contribution is 2.11. The van der Waals surface area contributed by atoms with Crippen LogP contribution >= 0.6 is 0 Å². The van der Waals surface area contributed by atoms with E-state index in [2.05, 4.69) is 0 Å². The summed E-state index contributed by atoms with van der Waals surface area (Å²) in [6, 6.07) is 6.92. The Balaban J connectivity index is 1.68. The maximum Gasteiger partial charge on any atom is 0.410 e. The van der Waals surface area contributed by atoms with Crippen molar-refractivity contribution in [2.24, 2.45) is 0 Å². The summed E-state index contributed by atoms with van der Waals surface area (Å²) >= 11 is 0. The predicted octanol–water partition coefficient (Wildman–Crippen LogP) is 2.89. The summed E-state index contributed by atoms with van der Waals surface area (Å²) in [7, 11) is 1.68. The average molecular weight is 676 g/mol. The van der Waals surface area contributed by atoms with E-state index in [0.717, 1.165) is 6.29 Å². The van der Waals surface area contributed by atoms with Gasteiger partial charge in [-0.15, -0.1) is 0 Å². The maximum atomic E-state index is 11.9. The summed E-state index contributed by atoms with van der Waals surface area (Å²) in [6.45, 7) is 14.9. The van der Waals surface area contributed by atoms with Crippen molar-refractivity contribution in [3.63, 3.8) is 0 Å². The molecule has 0 aliphatic rings. The second-order valence-electron chi connectivity index (χ2n) is 10.9. The lowest BCUT2D eigenvalue weighted by Crippen LogP contribution is -2.36. The minimum Gasteiger partial charge on any atom is -0.491 e. The SMILES string of the molecule is CN(CCOCCOCCOCCOCCOCCOCCOCCOCCOCCOc1ccc(C=O)cc1)C(=O)OC(C)(C)C. The van der Waals surface area contributed by atoms with Crippen molar-refractivity contribution in [2.75, 3.05) is 139 Å². The van der Waals surface area contributed by atoms with Gasteiger partial charge in [0.15, 0.2) is 0 Å². The molecule has 0 saturated heterocycles. The highest BCUT2D eigenvalue weighted by Gasteiger charge is 2.19. The molecule has 47 heavy (non-hydrogen) atoms. The number of nitrogens with zero attached hydrogens (tertiary/aromatic N) is 1. The van der Waals surface area contributed by atoms with Crippen LogP contribution in [0.15, 0.2) is 24.3 Å². The Morgan fingerprint density at radius 2 is 0.872 bits per heavy atom. The Morgan fingerprint density at radius 1 is 0.553 bits per heavy atom. The van der Waals surface area contributed by atoms with Crippen LogP contribution in [0, 0.1) is 0 Å². The molecule has 0 N–H and O–H groups in total. The third-order valence-electron chi connectivity index (χ3n) is 5.76. The standard InChI is InChI=1S/C33H57NO13/c1-33(2,3)47-32(36)34(4)9-10-37-11-12-38-13-14-39-15-16-40-17-18-41-19-20-42-21-22-43-23-24-44-25-26-45-27-28-46-31-7-5-30(29-35)6-8-31/h5-8,29H,9-28H2,1-4H3. The molecule has 0 aliphatic heterocycles. The smallest absolute Gasteiger partial charge is 0.410 e. The summed E-state index contributed by atoms with van der Waals surface area (Å²) in [5.74, 6) is 0.700. The van der Waals surface area contributed by atoms with Gasteiger partial charge in [-0.3, -0.25) is 4.79 Å². The van der Waals surface area contributed by atoms with Gasteiger partial charge in [0, 0.05) is 19.2 Å². The van der Waals surface area contributed by atoms with Crippen LogP contribution in [0.25, 0.3) is 0 Å². The molecule has 272 valence electrons. The third kappa shape index (κ3) is 28.3. The van der Waals surface area contributed by atoms with Crippen LogP contribution in [0.4, 0.5) is 4.79 Å². The fourth-order valence-corrected chi connectivity index (χ4v) is 3.36. The summed E-state index contributed by atoms with van der Waals surface area (Å²) in [5, 5.41) is 0. The second kappa shape index (κ2) is 29.7. The number of amides is 1. The number of hydrogen-bond donors (Lipinski definition) is 0. The summed E-state index contributed by atoms with van der Waals surface area (Å²) in [6.07, 6.45) is 0.429. The van der Waals surface area contributed by atoms with Gasteiger partial charge in [-0.25, -0.2) is 4.79 Å². The van der Waals surface area contributed by atoms with E-state index in [1.165, 1.54) is 4.90 Å². The molecule has 0 radical (unpaired) electrons. The molecule has 1 rings (SSSR count). The molecule has 0 heterocycles. The zero-order valence-electron chi connectivity index (χ0n) is 28.8. The minimum atomic E-state index is -0.512. The average Bonchev–Trinajstić information content (AvgIpc) is 3.05. The zero-order chi connectivity index (χ0) is 34.3. The zero-order valence-corrected chi connectivity index (χ0v) is 28.8. The van der Waals surface area contributed by atoms with E-state index in [4.69, 9.17) is 52.1 Å². The van der Waals surface area contributed by atoms with E-state index in [1.54, 1.807) is 31.3 Å². The molecule has 1 aromatic carbocycles. The van der Waals surface area contributed by atoms with Gasteiger partial charge in [-0.1, -0.05) is 0 Å². The minimum absolute atomic E-state index is 0.367. The first-order chi connectivity index (χ1) is 22.8. The highest BCUT2D eigenvalue weighted by atomic mass is 16.6. The molecular weight excluding hydrogens is 618 g/mol. The van der Waals surface area contributed by atoms with E-state index in [1.807, 2.05) is 20.8 Å². The Hall–Kier alpha value is -2.40. The van der Waals surface area contributed by atoms with Crippen molar-refractivity contribution >= 4 is 12.4 Å². The van der Waals surface area contributed by atoms with Gasteiger partial charge in [-0.2, -0.15) is 0 Å². The number of hydrogen-bond acceptors (Lipinski definition) is 13. The molecule has 14 heteroatoms. The number of rotatable bonds is 32. The Bertz CT molecular complexity index is 867. The van der Waals surface area contributed by atoms with Gasteiger partial charge in [0.2, 0.25) is 0 Å². The lowest BCUT2D eigenvalue weighted by atomic mass is 10.2. The van der Waals surface area contributed by atoms with Gasteiger partial charge in [0.25, 0.3) is 0 Å². The van der Waals surface area contributed by atoms with Crippen molar-refractivity contribution in [1.82, 2.24) is 4.90 Å². The van der Waals surface area contributed by atoms with E-state index in [-0.39, 0.29) is 6.09 Å². The number of ether oxygens (including phenoxy) is 11. The van der Waals surface area contributed by atoms with E-state index in [9.17, 15) is 9.59 Å². The van der Waals surface area contributed by atoms with Crippen molar-refractivity contribution in [1.29, 1.82) is 0 Å². The van der Waals surface area contributed by atoms with Gasteiger partial charge < -0.3 is 57.0 Å². The Morgan fingerprint density at radius 3 is 1.19 bits per heavy atom. The van der Waals surface area contributed by atoms with Crippen molar-refractivity contribution in [2.45, 2.75) is 26.4 Å². The summed E-state index contributed by atoms with van der Waals surface area (Å²) in [5.41, 5.74) is 0.103. The number of benzene rings is 1. The van der Waals surface area contributed by atoms with Crippen LogP contribution < -0.4 is 4.74 Å². The topological polar surface area (TPSA) is 139 Å². The maximum absolute atomic E-state index is 11.9. The quantitative estimate of drug-likeness (QED) is 0.0818. The van der Waals surface area contributed by atoms with Crippen LogP contribution in [0.3, 0.4) is 0 Å². The highest BCUT2D eigenvalue weighted by molar-refractivity contribution is 5.74. The molecule has 0 fully saturated rings. The van der Waals surface area contributed by atoms with Crippen molar-refractivity contribution in [3.8, 4) is 5.75 Å². The van der Waals surface area contributed by atoms with Gasteiger partial charge >= 0.3 is 6.09 Å². The van der Waals surface area contributed by atoms with E-state index >= 15 is 0 Å². The normalized spacial score (nSPS) is 11.5. The Kier molecular flexibility index (Phi) is 26.9. The van der Waals surface area contributed by atoms with Gasteiger partial charge in [0.05, 0.1) is 119 Å². The van der Waals surface area contributed by atoms with Crippen LogP contribution in [-0.4, -0.2) is 162 Å². The molecule has 0 atom stereocenters. The molecular formula is C33H57NO13. The fourth-order valence-electron chi connectivity index (χ4n) is 3.36. The largest absolute Gasteiger partial charge is 0.491 e. The monoisotopic (exact) mass is 675 g/mol. The third-order valence-corrected chi connectivity index (χ3v) is 5.76. The molecule has 0 aromatic heterocycles. The predicted molar refractivity (Wildman–Crippen MR) is 174 cm³/mol. The lowest BCUT2D eigenvalue weighted by molar-refractivity contribution is -0.0257. The van der Waals surface area contributed by atoms with Crippen LogP contribution in [0.1, 0.15) is 31.1 Å².